The number of aliphatic hydroxyl groups excluding tert-OH is 1. The number of hydrogen-bond donors (Lipinski definition) is 2. The molecule has 0 bridgehead atoms. The molecule has 0 fully saturated rings. The van der Waals surface area contributed by atoms with Gasteiger partial charge in [0, 0.05) is 29.4 Å². The monoisotopic (exact) mass is 448 g/mol. The Kier molecular flexibility index (Phi) is 6.14. The molecule has 3 aromatic carbocycles. The second-order valence-corrected chi connectivity index (χ2v) is 8.06. The van der Waals surface area contributed by atoms with Gasteiger partial charge in [-0.3, -0.25) is 14.2 Å². The highest BCUT2D eigenvalue weighted by Gasteiger charge is 2.10. The largest absolute Gasteiger partial charge is 0.395 e. The number of hydrogen-bond acceptors (Lipinski definition) is 4. The standard InChI is InChI=1S/C28H24N4O2/c33-15-14-29-28(34)24-12-10-22(11-13-24)25-19-32-26(17-31-27(32)18-30-25)23-8-6-21(7-9-23)16-20-4-2-1-3-5-20/h1-13,17-19,33H,14-16H2,(H,29,34). The molecule has 6 heteroatoms. The molecule has 0 saturated carbocycles. The van der Waals surface area contributed by atoms with E-state index in [1.165, 1.54) is 11.1 Å². The van der Waals surface area contributed by atoms with E-state index in [9.17, 15) is 4.79 Å². The van der Waals surface area contributed by atoms with Crippen LogP contribution in [0.2, 0.25) is 0 Å². The van der Waals surface area contributed by atoms with E-state index < -0.39 is 0 Å². The summed E-state index contributed by atoms with van der Waals surface area (Å²) in [5.74, 6) is -0.211. The van der Waals surface area contributed by atoms with Crippen LogP contribution < -0.4 is 5.32 Å². The van der Waals surface area contributed by atoms with Gasteiger partial charge in [-0.25, -0.2) is 4.98 Å². The molecule has 5 rings (SSSR count). The molecule has 2 aromatic heterocycles. The molecule has 1 amide bonds. The first-order valence-corrected chi connectivity index (χ1v) is 11.2. The number of aliphatic hydroxyl groups is 1. The highest BCUT2D eigenvalue weighted by atomic mass is 16.3. The van der Waals surface area contributed by atoms with Gasteiger partial charge >= 0.3 is 0 Å². The van der Waals surface area contributed by atoms with Crippen molar-refractivity contribution in [3.8, 4) is 22.5 Å². The van der Waals surface area contributed by atoms with Gasteiger partial charge < -0.3 is 10.4 Å². The second-order valence-electron chi connectivity index (χ2n) is 8.06. The van der Waals surface area contributed by atoms with Gasteiger partial charge in [-0.15, -0.1) is 0 Å². The Morgan fingerprint density at radius 2 is 1.53 bits per heavy atom. The molecule has 5 aromatic rings. The summed E-state index contributed by atoms with van der Waals surface area (Å²) in [6, 6.07) is 26.3. The Hall–Kier alpha value is -4.29. The van der Waals surface area contributed by atoms with Crippen molar-refractivity contribution < 1.29 is 9.90 Å². The molecule has 168 valence electrons. The Morgan fingerprint density at radius 1 is 0.824 bits per heavy atom. The Labute approximate surface area is 197 Å². The normalized spacial score (nSPS) is 11.0. The zero-order valence-corrected chi connectivity index (χ0v) is 18.6. The van der Waals surface area contributed by atoms with Crippen LogP contribution in [0.4, 0.5) is 0 Å². The van der Waals surface area contributed by atoms with E-state index in [0.29, 0.717) is 5.56 Å². The van der Waals surface area contributed by atoms with Gasteiger partial charge in [-0.1, -0.05) is 66.7 Å². The van der Waals surface area contributed by atoms with Crippen LogP contribution in [0, 0.1) is 0 Å². The van der Waals surface area contributed by atoms with Gasteiger partial charge in [0.25, 0.3) is 5.91 Å². The van der Waals surface area contributed by atoms with E-state index >= 15 is 0 Å². The Bertz CT molecular complexity index is 1410. The molecule has 0 spiro atoms. The van der Waals surface area contributed by atoms with Crippen LogP contribution in [0.1, 0.15) is 21.5 Å². The first kappa shape index (κ1) is 21.6. The SMILES string of the molecule is O=C(NCCO)c1ccc(-c2cn3c(-c4ccc(Cc5ccccc5)cc4)cnc3cn2)cc1. The highest BCUT2D eigenvalue weighted by molar-refractivity contribution is 5.94. The van der Waals surface area contributed by atoms with Crippen LogP contribution >= 0.6 is 0 Å². The van der Waals surface area contributed by atoms with Gasteiger partial charge in [0.15, 0.2) is 5.65 Å². The molecular formula is C28H24N4O2. The van der Waals surface area contributed by atoms with E-state index in [-0.39, 0.29) is 19.1 Å². The minimum Gasteiger partial charge on any atom is -0.395 e. The van der Waals surface area contributed by atoms with Crippen LogP contribution in [0.25, 0.3) is 28.2 Å². The number of rotatable bonds is 7. The van der Waals surface area contributed by atoms with Crippen LogP contribution in [-0.4, -0.2) is 38.5 Å². The fraction of sp³-hybridized carbons (Fsp3) is 0.107. The summed E-state index contributed by atoms with van der Waals surface area (Å²) in [4.78, 5) is 21.1. The molecular weight excluding hydrogens is 424 g/mol. The van der Waals surface area contributed by atoms with Gasteiger partial charge in [-0.05, 0) is 29.7 Å². The molecule has 6 nitrogen and oxygen atoms in total. The van der Waals surface area contributed by atoms with E-state index in [0.717, 1.165) is 34.6 Å². The van der Waals surface area contributed by atoms with Crippen LogP contribution in [0.5, 0.6) is 0 Å². The quantitative estimate of drug-likeness (QED) is 0.387. The van der Waals surface area contributed by atoms with Crippen molar-refractivity contribution in [3.05, 3.63) is 114 Å². The number of carbonyl (C=O) groups excluding carboxylic acids is 1. The first-order valence-electron chi connectivity index (χ1n) is 11.2. The lowest BCUT2D eigenvalue weighted by Crippen LogP contribution is -2.26. The summed E-state index contributed by atoms with van der Waals surface area (Å²) in [6.45, 7) is 0.145. The molecule has 0 unspecified atom stereocenters. The Morgan fingerprint density at radius 3 is 2.26 bits per heavy atom. The second kappa shape index (κ2) is 9.68. The van der Waals surface area contributed by atoms with Crippen molar-refractivity contribution in [2.45, 2.75) is 6.42 Å². The third kappa shape index (κ3) is 4.58. The summed E-state index contributed by atoms with van der Waals surface area (Å²) in [6.07, 6.45) is 6.48. The topological polar surface area (TPSA) is 79.5 Å². The predicted molar refractivity (Wildman–Crippen MR) is 133 cm³/mol. The summed E-state index contributed by atoms with van der Waals surface area (Å²) >= 11 is 0. The number of carbonyl (C=O) groups is 1. The van der Waals surface area contributed by atoms with Gasteiger partial charge in [0.1, 0.15) is 0 Å². The minimum absolute atomic E-state index is 0.0866. The molecule has 34 heavy (non-hydrogen) atoms. The lowest BCUT2D eigenvalue weighted by molar-refractivity contribution is 0.0945. The maximum absolute atomic E-state index is 12.1. The van der Waals surface area contributed by atoms with Gasteiger partial charge in [0.2, 0.25) is 0 Å². The van der Waals surface area contributed by atoms with E-state index in [1.54, 1.807) is 18.3 Å². The van der Waals surface area contributed by atoms with Gasteiger partial charge in [0.05, 0.1) is 30.4 Å². The maximum Gasteiger partial charge on any atom is 0.251 e. The number of fused-ring (bicyclic) bond motifs is 1. The third-order valence-electron chi connectivity index (χ3n) is 5.74. The molecule has 2 heterocycles. The number of aromatic nitrogens is 3. The zero-order valence-electron chi connectivity index (χ0n) is 18.6. The smallest absolute Gasteiger partial charge is 0.251 e. The predicted octanol–water partition coefficient (Wildman–Crippen LogP) is 4.38. The summed E-state index contributed by atoms with van der Waals surface area (Å²) in [5.41, 5.74) is 7.62. The van der Waals surface area contributed by atoms with Crippen LogP contribution in [-0.2, 0) is 6.42 Å². The van der Waals surface area contributed by atoms with E-state index in [4.69, 9.17) is 5.11 Å². The number of imidazole rings is 1. The fourth-order valence-electron chi connectivity index (χ4n) is 3.94. The highest BCUT2D eigenvalue weighted by Crippen LogP contribution is 2.25. The van der Waals surface area contributed by atoms with Crippen molar-refractivity contribution in [2.24, 2.45) is 0 Å². The average molecular weight is 449 g/mol. The molecule has 0 aliphatic carbocycles. The summed E-state index contributed by atoms with van der Waals surface area (Å²) in [7, 11) is 0. The van der Waals surface area contributed by atoms with Gasteiger partial charge in [-0.2, -0.15) is 0 Å². The van der Waals surface area contributed by atoms with Crippen LogP contribution in [0.3, 0.4) is 0 Å². The number of amides is 1. The van der Waals surface area contributed by atoms with E-state index in [2.05, 4.69) is 63.8 Å². The molecule has 0 aliphatic rings. The van der Waals surface area contributed by atoms with Crippen molar-refractivity contribution in [1.82, 2.24) is 19.7 Å². The van der Waals surface area contributed by atoms with Crippen molar-refractivity contribution >= 4 is 11.6 Å². The number of nitrogens with one attached hydrogen (secondary N) is 1. The summed E-state index contributed by atoms with van der Waals surface area (Å²) < 4.78 is 2.04. The van der Waals surface area contributed by atoms with Crippen molar-refractivity contribution in [2.75, 3.05) is 13.2 Å². The summed E-state index contributed by atoms with van der Waals surface area (Å²) in [5, 5.41) is 11.5. The number of benzene rings is 3. The minimum atomic E-state index is -0.211. The maximum atomic E-state index is 12.1. The molecule has 0 aliphatic heterocycles. The third-order valence-corrected chi connectivity index (χ3v) is 5.74. The zero-order chi connectivity index (χ0) is 23.3. The fourth-order valence-corrected chi connectivity index (χ4v) is 3.94. The van der Waals surface area contributed by atoms with E-state index in [1.807, 2.05) is 35.0 Å². The lowest BCUT2D eigenvalue weighted by atomic mass is 10.0. The molecule has 0 radical (unpaired) electrons. The Balaban J connectivity index is 1.39. The lowest BCUT2D eigenvalue weighted by Gasteiger charge is -2.08. The number of nitrogens with zero attached hydrogens (tertiary/aromatic N) is 3. The molecule has 2 N–H and O–H groups in total. The average Bonchev–Trinajstić information content (AvgIpc) is 3.32. The van der Waals surface area contributed by atoms with Crippen molar-refractivity contribution in [1.29, 1.82) is 0 Å². The van der Waals surface area contributed by atoms with Crippen LogP contribution in [0.15, 0.2) is 97.5 Å². The first-order chi connectivity index (χ1) is 16.7. The molecule has 0 atom stereocenters. The molecule has 0 saturated heterocycles. The van der Waals surface area contributed by atoms with Crippen molar-refractivity contribution in [3.63, 3.8) is 0 Å².